The lowest BCUT2D eigenvalue weighted by molar-refractivity contribution is 0.246. The Kier molecular flexibility index (Phi) is 2.68. The van der Waals surface area contributed by atoms with E-state index in [1.807, 2.05) is 0 Å². The maximum absolute atomic E-state index is 13.9. The largest absolute Gasteiger partial charge is 0.508 e. The number of halogens is 1. The van der Waals surface area contributed by atoms with Crippen molar-refractivity contribution in [3.8, 4) is 5.75 Å². The summed E-state index contributed by atoms with van der Waals surface area (Å²) in [5.41, 5.74) is 0.663. The molecule has 1 aromatic rings. The molecule has 1 aliphatic heterocycles. The summed E-state index contributed by atoms with van der Waals surface area (Å²) in [4.78, 5) is 0. The zero-order valence-electron chi connectivity index (χ0n) is 7.91. The lowest BCUT2D eigenvalue weighted by Gasteiger charge is -2.14. The van der Waals surface area contributed by atoms with Crippen LogP contribution >= 0.6 is 0 Å². The van der Waals surface area contributed by atoms with Crippen molar-refractivity contribution >= 4 is 0 Å². The standard InChI is InChI=1S/C11H14FNO/c12-11(9-5-6-13-7-9)8-1-3-10(14)4-2-8/h1-4,9,11,13-14H,5-7H2. The highest BCUT2D eigenvalue weighted by Crippen LogP contribution is 2.30. The highest BCUT2D eigenvalue weighted by molar-refractivity contribution is 5.27. The molecule has 2 atom stereocenters. The molecule has 0 saturated carbocycles. The molecule has 0 aliphatic carbocycles. The summed E-state index contributed by atoms with van der Waals surface area (Å²) in [6, 6.07) is 6.37. The molecule has 14 heavy (non-hydrogen) atoms. The van der Waals surface area contributed by atoms with Gasteiger partial charge in [0.1, 0.15) is 11.9 Å². The summed E-state index contributed by atoms with van der Waals surface area (Å²) >= 11 is 0. The second kappa shape index (κ2) is 3.96. The number of phenolic OH excluding ortho intramolecular Hbond substituents is 1. The molecular weight excluding hydrogens is 181 g/mol. The number of nitrogens with one attached hydrogen (secondary N) is 1. The number of rotatable bonds is 2. The normalized spacial score (nSPS) is 23.6. The van der Waals surface area contributed by atoms with Gasteiger partial charge in [-0.25, -0.2) is 4.39 Å². The fraction of sp³-hybridized carbons (Fsp3) is 0.455. The Morgan fingerprint density at radius 1 is 1.36 bits per heavy atom. The van der Waals surface area contributed by atoms with Crippen molar-refractivity contribution in [2.24, 2.45) is 5.92 Å². The average Bonchev–Trinajstić information content (AvgIpc) is 2.71. The Balaban J connectivity index is 2.09. The number of hydrogen-bond donors (Lipinski definition) is 2. The van der Waals surface area contributed by atoms with Crippen LogP contribution in [0.2, 0.25) is 0 Å². The maximum Gasteiger partial charge on any atom is 0.129 e. The molecule has 1 saturated heterocycles. The number of phenols is 1. The quantitative estimate of drug-likeness (QED) is 0.756. The van der Waals surface area contributed by atoms with Gasteiger partial charge in [-0.1, -0.05) is 12.1 Å². The molecule has 1 aliphatic rings. The van der Waals surface area contributed by atoms with Crippen molar-refractivity contribution in [3.05, 3.63) is 29.8 Å². The smallest absolute Gasteiger partial charge is 0.129 e. The maximum atomic E-state index is 13.9. The van der Waals surface area contributed by atoms with Gasteiger partial charge >= 0.3 is 0 Å². The molecule has 2 nitrogen and oxygen atoms in total. The summed E-state index contributed by atoms with van der Waals surface area (Å²) < 4.78 is 13.9. The van der Waals surface area contributed by atoms with E-state index >= 15 is 0 Å². The Bertz CT molecular complexity index is 293. The van der Waals surface area contributed by atoms with Gasteiger partial charge in [-0.15, -0.1) is 0 Å². The number of alkyl halides is 1. The van der Waals surface area contributed by atoms with Crippen LogP contribution in [0.3, 0.4) is 0 Å². The zero-order chi connectivity index (χ0) is 9.97. The molecule has 0 aromatic heterocycles. The molecule has 0 amide bonds. The van der Waals surface area contributed by atoms with Crippen molar-refractivity contribution in [2.75, 3.05) is 13.1 Å². The van der Waals surface area contributed by atoms with E-state index in [4.69, 9.17) is 5.11 Å². The molecular formula is C11H14FNO. The fourth-order valence-corrected chi connectivity index (χ4v) is 1.86. The van der Waals surface area contributed by atoms with Gasteiger partial charge in [0.15, 0.2) is 0 Å². The number of aromatic hydroxyl groups is 1. The summed E-state index contributed by atoms with van der Waals surface area (Å²) in [6.07, 6.45) is -0.0206. The molecule has 2 rings (SSSR count). The van der Waals surface area contributed by atoms with Crippen LogP contribution in [0.1, 0.15) is 18.2 Å². The van der Waals surface area contributed by atoms with Gasteiger partial charge in [-0.05, 0) is 30.7 Å². The second-order valence-electron chi connectivity index (χ2n) is 3.75. The van der Waals surface area contributed by atoms with E-state index in [0.717, 1.165) is 19.5 Å². The molecule has 1 heterocycles. The van der Waals surface area contributed by atoms with Gasteiger partial charge < -0.3 is 10.4 Å². The van der Waals surface area contributed by atoms with E-state index in [-0.39, 0.29) is 11.7 Å². The third kappa shape index (κ3) is 1.87. The van der Waals surface area contributed by atoms with E-state index < -0.39 is 6.17 Å². The van der Waals surface area contributed by atoms with Crippen LogP contribution < -0.4 is 5.32 Å². The van der Waals surface area contributed by atoms with Crippen molar-refractivity contribution in [1.29, 1.82) is 0 Å². The highest BCUT2D eigenvalue weighted by Gasteiger charge is 2.25. The van der Waals surface area contributed by atoms with Crippen LogP contribution in [0, 0.1) is 5.92 Å². The summed E-state index contributed by atoms with van der Waals surface area (Å²) in [6.45, 7) is 1.66. The topological polar surface area (TPSA) is 32.3 Å². The monoisotopic (exact) mass is 195 g/mol. The minimum Gasteiger partial charge on any atom is -0.508 e. The molecule has 0 radical (unpaired) electrons. The predicted molar refractivity (Wildman–Crippen MR) is 52.9 cm³/mol. The minimum atomic E-state index is -0.911. The molecule has 2 unspecified atom stereocenters. The van der Waals surface area contributed by atoms with Gasteiger partial charge in [-0.3, -0.25) is 0 Å². The molecule has 76 valence electrons. The van der Waals surface area contributed by atoms with Crippen LogP contribution in [0.15, 0.2) is 24.3 Å². The summed E-state index contributed by atoms with van der Waals surface area (Å²) in [5.74, 6) is 0.269. The Morgan fingerprint density at radius 3 is 2.64 bits per heavy atom. The predicted octanol–water partition coefficient (Wildman–Crippen LogP) is 2.01. The minimum absolute atomic E-state index is 0.0829. The van der Waals surface area contributed by atoms with E-state index in [9.17, 15) is 4.39 Å². The van der Waals surface area contributed by atoms with Crippen LogP contribution in [0.25, 0.3) is 0 Å². The van der Waals surface area contributed by atoms with Gasteiger partial charge in [-0.2, -0.15) is 0 Å². The third-order valence-electron chi connectivity index (χ3n) is 2.72. The average molecular weight is 195 g/mol. The molecule has 1 fully saturated rings. The zero-order valence-corrected chi connectivity index (χ0v) is 7.91. The van der Waals surface area contributed by atoms with Crippen LogP contribution in [0.4, 0.5) is 4.39 Å². The molecule has 3 heteroatoms. The highest BCUT2D eigenvalue weighted by atomic mass is 19.1. The van der Waals surface area contributed by atoms with E-state index in [2.05, 4.69) is 5.32 Å². The Labute approximate surface area is 82.8 Å². The second-order valence-corrected chi connectivity index (χ2v) is 3.75. The number of benzene rings is 1. The van der Waals surface area contributed by atoms with Gasteiger partial charge in [0.05, 0.1) is 0 Å². The summed E-state index contributed by atoms with van der Waals surface area (Å²) in [5, 5.41) is 12.2. The first-order valence-electron chi connectivity index (χ1n) is 4.91. The lowest BCUT2D eigenvalue weighted by Crippen LogP contribution is -2.13. The lowest BCUT2D eigenvalue weighted by atomic mass is 9.96. The van der Waals surface area contributed by atoms with Gasteiger partial charge in [0.2, 0.25) is 0 Å². The first kappa shape index (κ1) is 9.46. The molecule has 0 bridgehead atoms. The molecule has 0 spiro atoms. The fourth-order valence-electron chi connectivity index (χ4n) is 1.86. The van der Waals surface area contributed by atoms with Crippen molar-refractivity contribution in [2.45, 2.75) is 12.6 Å². The van der Waals surface area contributed by atoms with Crippen molar-refractivity contribution < 1.29 is 9.50 Å². The van der Waals surface area contributed by atoms with Gasteiger partial charge in [0.25, 0.3) is 0 Å². The first-order chi connectivity index (χ1) is 6.77. The first-order valence-corrected chi connectivity index (χ1v) is 4.91. The molecule has 2 N–H and O–H groups in total. The van der Waals surface area contributed by atoms with Gasteiger partial charge in [0, 0.05) is 12.5 Å². The third-order valence-corrected chi connectivity index (χ3v) is 2.72. The van der Waals surface area contributed by atoms with Crippen LogP contribution in [0.5, 0.6) is 5.75 Å². The van der Waals surface area contributed by atoms with Crippen LogP contribution in [-0.2, 0) is 0 Å². The Hall–Kier alpha value is -1.09. The van der Waals surface area contributed by atoms with Crippen molar-refractivity contribution in [1.82, 2.24) is 5.32 Å². The SMILES string of the molecule is Oc1ccc(C(F)C2CCNC2)cc1. The molecule has 1 aromatic carbocycles. The van der Waals surface area contributed by atoms with Crippen LogP contribution in [-0.4, -0.2) is 18.2 Å². The van der Waals surface area contributed by atoms with E-state index in [1.54, 1.807) is 12.1 Å². The number of hydrogen-bond acceptors (Lipinski definition) is 2. The van der Waals surface area contributed by atoms with E-state index in [0.29, 0.717) is 5.56 Å². The van der Waals surface area contributed by atoms with Crippen molar-refractivity contribution in [3.63, 3.8) is 0 Å². The summed E-state index contributed by atoms with van der Waals surface area (Å²) in [7, 11) is 0. The van der Waals surface area contributed by atoms with E-state index in [1.165, 1.54) is 12.1 Å². The Morgan fingerprint density at radius 2 is 2.07 bits per heavy atom.